The number of ether oxygens (including phenoxy) is 2. The van der Waals surface area contributed by atoms with Crippen molar-refractivity contribution in [3.8, 4) is 5.75 Å². The van der Waals surface area contributed by atoms with E-state index in [1.54, 1.807) is 12.1 Å². The Hall–Kier alpha value is -1.13. The van der Waals surface area contributed by atoms with Gasteiger partial charge in [0.25, 0.3) is 0 Å². The third-order valence-corrected chi connectivity index (χ3v) is 2.09. The molecule has 4 heteroatoms. The topological polar surface area (TPSA) is 44.5 Å². The summed E-state index contributed by atoms with van der Waals surface area (Å²) in [4.78, 5) is 0. The first kappa shape index (κ1) is 12.9. The molecule has 3 nitrogen and oxygen atoms in total. The van der Waals surface area contributed by atoms with Gasteiger partial charge >= 0.3 is 0 Å². The van der Waals surface area contributed by atoms with Crippen molar-refractivity contribution in [2.75, 3.05) is 19.8 Å². The van der Waals surface area contributed by atoms with E-state index in [-0.39, 0.29) is 18.1 Å². The highest BCUT2D eigenvalue weighted by Crippen LogP contribution is 2.21. The number of para-hydroxylation sites is 1. The minimum atomic E-state index is -0.376. The highest BCUT2D eigenvalue weighted by atomic mass is 19.1. The standard InChI is InChI=1S/C12H18FNO2/c1-2-6-15-7-8-16-12-10(9-14)4-3-5-11(12)13/h3-5H,2,6-9,14H2,1H3. The second-order valence-corrected chi connectivity index (χ2v) is 3.39. The van der Waals surface area contributed by atoms with E-state index in [0.717, 1.165) is 6.42 Å². The first-order chi connectivity index (χ1) is 7.79. The van der Waals surface area contributed by atoms with Gasteiger partial charge in [0.05, 0.1) is 6.61 Å². The van der Waals surface area contributed by atoms with Gasteiger partial charge in [-0.15, -0.1) is 0 Å². The number of hydrogen-bond acceptors (Lipinski definition) is 3. The van der Waals surface area contributed by atoms with Crippen molar-refractivity contribution >= 4 is 0 Å². The van der Waals surface area contributed by atoms with Crippen molar-refractivity contribution in [2.24, 2.45) is 5.73 Å². The molecule has 0 fully saturated rings. The van der Waals surface area contributed by atoms with E-state index in [0.29, 0.717) is 25.4 Å². The summed E-state index contributed by atoms with van der Waals surface area (Å²) >= 11 is 0. The van der Waals surface area contributed by atoms with Crippen molar-refractivity contribution in [1.82, 2.24) is 0 Å². The molecule has 0 amide bonds. The predicted molar refractivity (Wildman–Crippen MR) is 60.9 cm³/mol. The molecule has 0 aliphatic carbocycles. The van der Waals surface area contributed by atoms with Gasteiger partial charge in [0.2, 0.25) is 0 Å². The van der Waals surface area contributed by atoms with E-state index in [1.165, 1.54) is 6.07 Å². The Kier molecular flexibility index (Phi) is 5.82. The second-order valence-electron chi connectivity index (χ2n) is 3.39. The van der Waals surface area contributed by atoms with Crippen molar-refractivity contribution in [2.45, 2.75) is 19.9 Å². The Bertz CT molecular complexity index is 318. The van der Waals surface area contributed by atoms with E-state index in [1.807, 2.05) is 6.92 Å². The van der Waals surface area contributed by atoms with Crippen LogP contribution in [0.1, 0.15) is 18.9 Å². The second kappa shape index (κ2) is 7.19. The van der Waals surface area contributed by atoms with Crippen LogP contribution in [0.5, 0.6) is 5.75 Å². The van der Waals surface area contributed by atoms with Crippen molar-refractivity contribution in [1.29, 1.82) is 0 Å². The van der Waals surface area contributed by atoms with Gasteiger partial charge in [-0.2, -0.15) is 0 Å². The average Bonchev–Trinajstić information content (AvgIpc) is 2.30. The van der Waals surface area contributed by atoms with Crippen LogP contribution in [0.2, 0.25) is 0 Å². The molecule has 1 rings (SSSR count). The summed E-state index contributed by atoms with van der Waals surface area (Å²) < 4.78 is 24.0. The number of rotatable bonds is 7. The highest BCUT2D eigenvalue weighted by Gasteiger charge is 2.07. The highest BCUT2D eigenvalue weighted by molar-refractivity contribution is 5.34. The van der Waals surface area contributed by atoms with Crippen LogP contribution in [0.3, 0.4) is 0 Å². The van der Waals surface area contributed by atoms with Crippen LogP contribution in [0.4, 0.5) is 4.39 Å². The fourth-order valence-corrected chi connectivity index (χ4v) is 1.32. The van der Waals surface area contributed by atoms with Gasteiger partial charge in [-0.3, -0.25) is 0 Å². The van der Waals surface area contributed by atoms with Gasteiger partial charge in [0.15, 0.2) is 11.6 Å². The van der Waals surface area contributed by atoms with Crippen LogP contribution in [0.15, 0.2) is 18.2 Å². The minimum absolute atomic E-state index is 0.241. The Labute approximate surface area is 95.4 Å². The molecule has 0 bridgehead atoms. The molecule has 0 radical (unpaired) electrons. The number of nitrogens with two attached hydrogens (primary N) is 1. The Balaban J connectivity index is 2.46. The number of hydrogen-bond donors (Lipinski definition) is 1. The Morgan fingerprint density at radius 3 is 2.75 bits per heavy atom. The molecule has 0 aliphatic heterocycles. The molecule has 1 aromatic rings. The van der Waals surface area contributed by atoms with Crippen LogP contribution in [0.25, 0.3) is 0 Å². The zero-order valence-corrected chi connectivity index (χ0v) is 9.54. The molecule has 0 spiro atoms. The molecule has 0 atom stereocenters. The van der Waals surface area contributed by atoms with Gasteiger partial charge in [0.1, 0.15) is 6.61 Å². The van der Waals surface area contributed by atoms with Crippen molar-refractivity contribution < 1.29 is 13.9 Å². The van der Waals surface area contributed by atoms with Crippen LogP contribution < -0.4 is 10.5 Å². The van der Waals surface area contributed by atoms with E-state index in [4.69, 9.17) is 15.2 Å². The normalized spacial score (nSPS) is 10.4. The quantitative estimate of drug-likeness (QED) is 0.725. The summed E-state index contributed by atoms with van der Waals surface area (Å²) in [6, 6.07) is 4.74. The molecule has 0 unspecified atom stereocenters. The SMILES string of the molecule is CCCOCCOc1c(F)cccc1CN. The molecule has 16 heavy (non-hydrogen) atoms. The molecule has 1 aromatic carbocycles. The van der Waals surface area contributed by atoms with E-state index < -0.39 is 0 Å². The van der Waals surface area contributed by atoms with E-state index in [2.05, 4.69) is 0 Å². The lowest BCUT2D eigenvalue weighted by atomic mass is 10.2. The molecule has 0 aliphatic rings. The summed E-state index contributed by atoms with van der Waals surface area (Å²) in [5, 5.41) is 0. The Morgan fingerprint density at radius 1 is 1.25 bits per heavy atom. The molecule has 90 valence electrons. The van der Waals surface area contributed by atoms with Crippen LogP contribution in [0, 0.1) is 5.82 Å². The summed E-state index contributed by atoms with van der Waals surface area (Å²) in [6.07, 6.45) is 0.966. The smallest absolute Gasteiger partial charge is 0.165 e. The lowest BCUT2D eigenvalue weighted by Gasteiger charge is -2.11. The van der Waals surface area contributed by atoms with Gasteiger partial charge < -0.3 is 15.2 Å². The van der Waals surface area contributed by atoms with Crippen LogP contribution in [-0.4, -0.2) is 19.8 Å². The molecule has 0 saturated heterocycles. The summed E-state index contributed by atoms with van der Waals surface area (Å²) in [7, 11) is 0. The van der Waals surface area contributed by atoms with E-state index >= 15 is 0 Å². The maximum absolute atomic E-state index is 13.4. The molecular weight excluding hydrogens is 209 g/mol. The Morgan fingerprint density at radius 2 is 2.06 bits per heavy atom. The number of benzene rings is 1. The molecular formula is C12H18FNO2. The third-order valence-electron chi connectivity index (χ3n) is 2.09. The average molecular weight is 227 g/mol. The van der Waals surface area contributed by atoms with Crippen molar-refractivity contribution in [3.63, 3.8) is 0 Å². The first-order valence-corrected chi connectivity index (χ1v) is 5.47. The lowest BCUT2D eigenvalue weighted by Crippen LogP contribution is -2.10. The maximum Gasteiger partial charge on any atom is 0.165 e. The number of halogens is 1. The van der Waals surface area contributed by atoms with Gasteiger partial charge in [-0.1, -0.05) is 19.1 Å². The first-order valence-electron chi connectivity index (χ1n) is 5.47. The maximum atomic E-state index is 13.4. The summed E-state index contributed by atoms with van der Waals surface area (Å²) in [6.45, 7) is 3.80. The summed E-state index contributed by atoms with van der Waals surface area (Å²) in [5.41, 5.74) is 6.17. The minimum Gasteiger partial charge on any atom is -0.488 e. The predicted octanol–water partition coefficient (Wildman–Crippen LogP) is 2.09. The lowest BCUT2D eigenvalue weighted by molar-refractivity contribution is 0.0988. The van der Waals surface area contributed by atoms with Gasteiger partial charge in [-0.25, -0.2) is 4.39 Å². The van der Waals surface area contributed by atoms with Crippen LogP contribution >= 0.6 is 0 Å². The molecule has 2 N–H and O–H groups in total. The monoisotopic (exact) mass is 227 g/mol. The molecule has 0 saturated carbocycles. The molecule has 0 aromatic heterocycles. The van der Waals surface area contributed by atoms with Crippen molar-refractivity contribution in [3.05, 3.63) is 29.6 Å². The van der Waals surface area contributed by atoms with E-state index in [9.17, 15) is 4.39 Å². The third kappa shape index (κ3) is 3.79. The van der Waals surface area contributed by atoms with Crippen LogP contribution in [-0.2, 0) is 11.3 Å². The van der Waals surface area contributed by atoms with Gasteiger partial charge in [-0.05, 0) is 12.5 Å². The fourth-order valence-electron chi connectivity index (χ4n) is 1.32. The zero-order chi connectivity index (χ0) is 11.8. The fraction of sp³-hybridized carbons (Fsp3) is 0.500. The largest absolute Gasteiger partial charge is 0.488 e. The molecule has 0 heterocycles. The van der Waals surface area contributed by atoms with Gasteiger partial charge in [0, 0.05) is 18.7 Å². The summed E-state index contributed by atoms with van der Waals surface area (Å²) in [5.74, 6) is -0.136. The zero-order valence-electron chi connectivity index (χ0n) is 9.54.